The van der Waals surface area contributed by atoms with Gasteiger partial charge in [-0.15, -0.1) is 0 Å². The summed E-state index contributed by atoms with van der Waals surface area (Å²) in [5.74, 6) is -1.09. The molecule has 1 fully saturated rings. The van der Waals surface area contributed by atoms with Crippen molar-refractivity contribution in [3.05, 3.63) is 36.0 Å². The summed E-state index contributed by atoms with van der Waals surface area (Å²) in [4.78, 5) is 42.1. The van der Waals surface area contributed by atoms with Gasteiger partial charge in [-0.3, -0.25) is 14.4 Å². The van der Waals surface area contributed by atoms with Crippen LogP contribution in [0.4, 0.5) is 0 Å². The molecule has 1 aromatic carbocycles. The van der Waals surface area contributed by atoms with Crippen molar-refractivity contribution < 1.29 is 19.5 Å². The van der Waals surface area contributed by atoms with Crippen LogP contribution in [0, 0.1) is 0 Å². The lowest BCUT2D eigenvalue weighted by molar-refractivity contribution is -0.145. The molecule has 29 heavy (non-hydrogen) atoms. The zero-order valence-electron chi connectivity index (χ0n) is 16.9. The Morgan fingerprint density at radius 3 is 2.76 bits per heavy atom. The SMILES string of the molecule is CC(=O)N(CC(=O)O)C1CCCN(C(=O)CCCc2c[nH]c3ccccc23)CC1. The molecule has 1 atom stereocenters. The third-order valence-electron chi connectivity index (χ3n) is 5.71. The Labute approximate surface area is 170 Å². The molecule has 0 radical (unpaired) electrons. The zero-order valence-corrected chi connectivity index (χ0v) is 16.9. The molecule has 0 spiro atoms. The van der Waals surface area contributed by atoms with Crippen molar-refractivity contribution in [1.82, 2.24) is 14.8 Å². The van der Waals surface area contributed by atoms with Crippen LogP contribution in [0.3, 0.4) is 0 Å². The van der Waals surface area contributed by atoms with Crippen LogP contribution in [0.2, 0.25) is 0 Å². The maximum atomic E-state index is 12.7. The minimum Gasteiger partial charge on any atom is -0.480 e. The van der Waals surface area contributed by atoms with E-state index >= 15 is 0 Å². The number of carboxylic acid groups (broad SMARTS) is 1. The number of aryl methyl sites for hydroxylation is 1. The lowest BCUT2D eigenvalue weighted by Gasteiger charge is -2.28. The molecule has 2 N–H and O–H groups in total. The number of carboxylic acids is 1. The van der Waals surface area contributed by atoms with E-state index in [9.17, 15) is 14.4 Å². The first-order chi connectivity index (χ1) is 14.0. The van der Waals surface area contributed by atoms with Crippen molar-refractivity contribution in [1.29, 1.82) is 0 Å². The summed E-state index contributed by atoms with van der Waals surface area (Å²) in [5, 5.41) is 10.3. The molecule has 3 rings (SSSR count). The van der Waals surface area contributed by atoms with Gasteiger partial charge in [0, 0.05) is 49.6 Å². The monoisotopic (exact) mass is 399 g/mol. The Balaban J connectivity index is 1.50. The number of aliphatic carboxylic acids is 1. The number of nitrogens with one attached hydrogen (secondary N) is 1. The number of H-pyrrole nitrogens is 1. The fourth-order valence-corrected chi connectivity index (χ4v) is 4.21. The van der Waals surface area contributed by atoms with E-state index in [4.69, 9.17) is 5.11 Å². The maximum absolute atomic E-state index is 12.7. The number of hydrogen-bond acceptors (Lipinski definition) is 3. The number of hydrogen-bond donors (Lipinski definition) is 2. The highest BCUT2D eigenvalue weighted by molar-refractivity contribution is 5.83. The molecule has 1 aromatic heterocycles. The predicted molar refractivity (Wildman–Crippen MR) is 110 cm³/mol. The van der Waals surface area contributed by atoms with Crippen molar-refractivity contribution in [3.63, 3.8) is 0 Å². The van der Waals surface area contributed by atoms with Gasteiger partial charge in [-0.25, -0.2) is 0 Å². The predicted octanol–water partition coefficient (Wildman–Crippen LogP) is 2.80. The van der Waals surface area contributed by atoms with Gasteiger partial charge in [0.25, 0.3) is 0 Å². The Hall–Kier alpha value is -2.83. The number of fused-ring (bicyclic) bond motifs is 1. The number of likely N-dealkylation sites (tertiary alicyclic amines) is 1. The minimum atomic E-state index is -1.00. The Morgan fingerprint density at radius 1 is 1.21 bits per heavy atom. The first-order valence-electron chi connectivity index (χ1n) is 10.3. The fraction of sp³-hybridized carbons (Fsp3) is 0.500. The maximum Gasteiger partial charge on any atom is 0.323 e. The van der Waals surface area contributed by atoms with Gasteiger partial charge in [0.1, 0.15) is 6.54 Å². The minimum absolute atomic E-state index is 0.118. The van der Waals surface area contributed by atoms with Crippen LogP contribution in [0.1, 0.15) is 44.6 Å². The molecule has 156 valence electrons. The van der Waals surface area contributed by atoms with Gasteiger partial charge in [-0.05, 0) is 43.7 Å². The molecule has 2 amide bonds. The summed E-state index contributed by atoms with van der Waals surface area (Å²) in [5.41, 5.74) is 2.35. The van der Waals surface area contributed by atoms with Gasteiger partial charge in [0.05, 0.1) is 0 Å². The number of carbonyl (C=O) groups excluding carboxylic acids is 2. The van der Waals surface area contributed by atoms with E-state index in [1.807, 2.05) is 29.3 Å². The number of rotatable bonds is 7. The highest BCUT2D eigenvalue weighted by Crippen LogP contribution is 2.21. The number of nitrogens with zero attached hydrogens (tertiary/aromatic N) is 2. The molecule has 1 aliphatic heterocycles. The highest BCUT2D eigenvalue weighted by atomic mass is 16.4. The lowest BCUT2D eigenvalue weighted by atomic mass is 10.1. The van der Waals surface area contributed by atoms with Gasteiger partial charge in [0.15, 0.2) is 0 Å². The van der Waals surface area contributed by atoms with Gasteiger partial charge in [-0.2, -0.15) is 0 Å². The zero-order chi connectivity index (χ0) is 20.8. The van der Waals surface area contributed by atoms with E-state index in [1.54, 1.807) is 0 Å². The Bertz CT molecular complexity index is 876. The second-order valence-corrected chi connectivity index (χ2v) is 7.72. The van der Waals surface area contributed by atoms with Crippen molar-refractivity contribution >= 4 is 28.7 Å². The number of aromatic amines is 1. The topological polar surface area (TPSA) is 93.7 Å². The highest BCUT2D eigenvalue weighted by Gasteiger charge is 2.27. The third kappa shape index (κ3) is 5.37. The van der Waals surface area contributed by atoms with E-state index < -0.39 is 5.97 Å². The molecule has 2 heterocycles. The van der Waals surface area contributed by atoms with Crippen LogP contribution in [-0.4, -0.2) is 63.4 Å². The largest absolute Gasteiger partial charge is 0.480 e. The van der Waals surface area contributed by atoms with Gasteiger partial charge in [-0.1, -0.05) is 18.2 Å². The third-order valence-corrected chi connectivity index (χ3v) is 5.71. The van der Waals surface area contributed by atoms with E-state index in [-0.39, 0.29) is 24.4 Å². The summed E-state index contributed by atoms with van der Waals surface area (Å²) < 4.78 is 0. The number of amides is 2. The van der Waals surface area contributed by atoms with Crippen molar-refractivity contribution in [3.8, 4) is 0 Å². The van der Waals surface area contributed by atoms with Crippen LogP contribution >= 0.6 is 0 Å². The number of aromatic nitrogens is 1. The van der Waals surface area contributed by atoms with E-state index in [0.29, 0.717) is 25.9 Å². The average Bonchev–Trinajstić information content (AvgIpc) is 2.93. The standard InChI is InChI=1S/C22H29N3O4/c1-16(26)25(15-22(28)29)18-7-5-12-24(13-11-18)21(27)10-4-6-17-14-23-20-9-3-2-8-19(17)20/h2-3,8-9,14,18,23H,4-7,10-13,15H2,1H3,(H,28,29). The smallest absolute Gasteiger partial charge is 0.323 e. The molecule has 7 heteroatoms. The molecule has 1 saturated heterocycles. The van der Waals surface area contributed by atoms with E-state index in [1.165, 1.54) is 22.8 Å². The molecule has 1 aliphatic rings. The number of para-hydroxylation sites is 1. The molecular formula is C22H29N3O4. The summed E-state index contributed by atoms with van der Waals surface area (Å²) >= 11 is 0. The van der Waals surface area contributed by atoms with Gasteiger partial charge >= 0.3 is 5.97 Å². The van der Waals surface area contributed by atoms with Crippen molar-refractivity contribution in [2.45, 2.75) is 51.5 Å². The van der Waals surface area contributed by atoms with Crippen LogP contribution in [0.5, 0.6) is 0 Å². The number of carbonyl (C=O) groups is 3. The molecule has 0 bridgehead atoms. The summed E-state index contributed by atoms with van der Waals surface area (Å²) in [6.07, 6.45) is 6.29. The molecular weight excluding hydrogens is 370 g/mol. The fourth-order valence-electron chi connectivity index (χ4n) is 4.21. The second kappa shape index (κ2) is 9.58. The van der Waals surface area contributed by atoms with E-state index in [2.05, 4.69) is 11.1 Å². The Kier molecular flexibility index (Phi) is 6.90. The lowest BCUT2D eigenvalue weighted by Crippen LogP contribution is -2.43. The van der Waals surface area contributed by atoms with E-state index in [0.717, 1.165) is 31.2 Å². The first kappa shape index (κ1) is 20.9. The Morgan fingerprint density at radius 2 is 2.00 bits per heavy atom. The van der Waals surface area contributed by atoms with Gasteiger partial charge < -0.3 is 19.9 Å². The first-order valence-corrected chi connectivity index (χ1v) is 10.3. The van der Waals surface area contributed by atoms with Crippen LogP contribution in [0.25, 0.3) is 10.9 Å². The van der Waals surface area contributed by atoms with Gasteiger partial charge in [0.2, 0.25) is 11.8 Å². The second-order valence-electron chi connectivity index (χ2n) is 7.72. The molecule has 0 saturated carbocycles. The summed E-state index contributed by atoms with van der Waals surface area (Å²) in [7, 11) is 0. The molecule has 1 unspecified atom stereocenters. The summed E-state index contributed by atoms with van der Waals surface area (Å²) in [6, 6.07) is 8.05. The summed E-state index contributed by atoms with van der Waals surface area (Å²) in [6.45, 7) is 2.36. The molecule has 0 aliphatic carbocycles. The quantitative estimate of drug-likeness (QED) is 0.749. The van der Waals surface area contributed by atoms with Crippen molar-refractivity contribution in [2.24, 2.45) is 0 Å². The molecule has 2 aromatic rings. The van der Waals surface area contributed by atoms with Crippen LogP contribution in [0.15, 0.2) is 30.5 Å². The van der Waals surface area contributed by atoms with Crippen LogP contribution < -0.4 is 0 Å². The number of benzene rings is 1. The normalized spacial score (nSPS) is 17.1. The molecule has 7 nitrogen and oxygen atoms in total. The van der Waals surface area contributed by atoms with Crippen LogP contribution in [-0.2, 0) is 20.8 Å². The van der Waals surface area contributed by atoms with Crippen molar-refractivity contribution in [2.75, 3.05) is 19.6 Å². The average molecular weight is 399 g/mol.